The van der Waals surface area contributed by atoms with Gasteiger partial charge in [-0.3, -0.25) is 0 Å². The molecule has 0 saturated heterocycles. The highest BCUT2D eigenvalue weighted by atomic mass is 16.6. The number of benzene rings is 1. The van der Waals surface area contributed by atoms with Crippen molar-refractivity contribution in [2.24, 2.45) is 0 Å². The summed E-state index contributed by atoms with van der Waals surface area (Å²) in [6.45, 7) is 5.66. The lowest BCUT2D eigenvalue weighted by atomic mass is 10.2. The van der Waals surface area contributed by atoms with Crippen molar-refractivity contribution in [2.45, 2.75) is 19.9 Å². The Morgan fingerprint density at radius 1 is 1.33 bits per heavy atom. The molecule has 0 bridgehead atoms. The molecule has 0 aliphatic carbocycles. The number of nitrogens with zero attached hydrogens (tertiary/aromatic N) is 3. The first-order valence-electron chi connectivity index (χ1n) is 5.91. The van der Waals surface area contributed by atoms with Crippen molar-refractivity contribution < 1.29 is 9.37 Å². The molecule has 98 valence electrons. The van der Waals surface area contributed by atoms with E-state index in [2.05, 4.69) is 29.1 Å². The van der Waals surface area contributed by atoms with Crippen LogP contribution in [0.5, 0.6) is 0 Å². The van der Waals surface area contributed by atoms with Crippen LogP contribution in [0.3, 0.4) is 0 Å². The molecular weight excluding hydrogens is 232 g/mol. The van der Waals surface area contributed by atoms with Gasteiger partial charge in [0.1, 0.15) is 0 Å². The Hall–Kier alpha value is -1.82. The van der Waals surface area contributed by atoms with E-state index >= 15 is 0 Å². The van der Waals surface area contributed by atoms with Gasteiger partial charge >= 0.3 is 0 Å². The van der Waals surface area contributed by atoms with Gasteiger partial charge in [-0.15, -0.1) is 0 Å². The topological polar surface area (TPSA) is 77.4 Å². The molecule has 0 saturated carbocycles. The summed E-state index contributed by atoms with van der Waals surface area (Å²) in [5, 5.41) is 7.77. The van der Waals surface area contributed by atoms with Gasteiger partial charge in [-0.25, -0.2) is 4.63 Å². The van der Waals surface area contributed by atoms with E-state index in [1.165, 1.54) is 0 Å². The Balaban J connectivity index is 2.44. The van der Waals surface area contributed by atoms with Crippen LogP contribution in [0.15, 0.2) is 16.8 Å². The van der Waals surface area contributed by atoms with Gasteiger partial charge in [0.2, 0.25) is 0 Å². The van der Waals surface area contributed by atoms with Crippen LogP contribution in [0.4, 0.5) is 11.4 Å². The highest BCUT2D eigenvalue weighted by Crippen LogP contribution is 2.29. The molecule has 2 aromatic rings. The lowest BCUT2D eigenvalue weighted by Gasteiger charge is -2.28. The normalized spacial score (nSPS) is 11.3. The van der Waals surface area contributed by atoms with Crippen molar-refractivity contribution in [1.82, 2.24) is 10.3 Å². The maximum absolute atomic E-state index is 5.84. The number of hydrogen-bond donors (Lipinski definition) is 1. The molecule has 0 amide bonds. The molecule has 1 aromatic heterocycles. The number of anilines is 2. The molecule has 6 nitrogen and oxygen atoms in total. The zero-order valence-electron chi connectivity index (χ0n) is 10.9. The maximum Gasteiger partial charge on any atom is 0.160 e. The third kappa shape index (κ3) is 2.24. The molecule has 2 N–H and O–H groups in total. The summed E-state index contributed by atoms with van der Waals surface area (Å²) in [7, 11) is 1.69. The lowest BCUT2D eigenvalue weighted by molar-refractivity contribution is 0.204. The number of fused-ring (bicyclic) bond motifs is 1. The smallest absolute Gasteiger partial charge is 0.160 e. The average molecular weight is 250 g/mol. The predicted molar refractivity (Wildman–Crippen MR) is 70.6 cm³/mol. The summed E-state index contributed by atoms with van der Waals surface area (Å²) >= 11 is 0. The molecule has 0 spiro atoms. The zero-order chi connectivity index (χ0) is 13.1. The largest absolute Gasteiger partial charge is 0.397 e. The molecule has 0 atom stereocenters. The number of hydrogen-bond acceptors (Lipinski definition) is 6. The van der Waals surface area contributed by atoms with Crippen molar-refractivity contribution in [3.05, 3.63) is 12.1 Å². The van der Waals surface area contributed by atoms with Gasteiger partial charge in [-0.2, -0.15) is 0 Å². The Labute approximate surface area is 106 Å². The van der Waals surface area contributed by atoms with Crippen molar-refractivity contribution >= 4 is 22.4 Å². The third-order valence-corrected chi connectivity index (χ3v) is 2.89. The number of nitrogens with two attached hydrogens (primary N) is 1. The van der Waals surface area contributed by atoms with E-state index in [0.717, 1.165) is 12.2 Å². The standard InChI is InChI=1S/C12H18N4O2/c1-8(2)16(6-7-17-3)10-5-4-9(13)11-12(10)15-18-14-11/h4-5,8H,6-7,13H2,1-3H3. The van der Waals surface area contributed by atoms with E-state index in [0.29, 0.717) is 29.4 Å². The molecule has 0 fully saturated rings. The third-order valence-electron chi connectivity index (χ3n) is 2.89. The quantitative estimate of drug-likeness (QED) is 0.813. The van der Waals surface area contributed by atoms with Crippen LogP contribution >= 0.6 is 0 Å². The van der Waals surface area contributed by atoms with E-state index in [1.807, 2.05) is 12.1 Å². The number of rotatable bonds is 5. The SMILES string of the molecule is COCCN(c1ccc(N)c2nonc12)C(C)C. The van der Waals surface area contributed by atoms with Crippen LogP contribution in [0.25, 0.3) is 11.0 Å². The fourth-order valence-corrected chi connectivity index (χ4v) is 1.95. The van der Waals surface area contributed by atoms with Crippen LogP contribution < -0.4 is 10.6 Å². The van der Waals surface area contributed by atoms with Gasteiger partial charge in [-0.05, 0) is 36.3 Å². The minimum atomic E-state index is 0.323. The van der Waals surface area contributed by atoms with E-state index in [1.54, 1.807) is 7.11 Å². The van der Waals surface area contributed by atoms with Gasteiger partial charge in [0, 0.05) is 19.7 Å². The second-order valence-electron chi connectivity index (χ2n) is 4.42. The van der Waals surface area contributed by atoms with E-state index < -0.39 is 0 Å². The molecule has 0 aliphatic rings. The van der Waals surface area contributed by atoms with Crippen molar-refractivity contribution in [2.75, 3.05) is 30.9 Å². The highest BCUT2D eigenvalue weighted by molar-refractivity contribution is 5.95. The molecule has 1 heterocycles. The van der Waals surface area contributed by atoms with Gasteiger partial charge in [0.25, 0.3) is 0 Å². The van der Waals surface area contributed by atoms with Crippen molar-refractivity contribution in [1.29, 1.82) is 0 Å². The number of nitrogen functional groups attached to an aromatic ring is 1. The minimum absolute atomic E-state index is 0.323. The summed E-state index contributed by atoms with van der Waals surface area (Å²) in [6, 6.07) is 4.09. The Bertz CT molecular complexity index is 524. The molecule has 1 aromatic carbocycles. The number of methoxy groups -OCH3 is 1. The molecule has 0 radical (unpaired) electrons. The Kier molecular flexibility index (Phi) is 3.66. The molecule has 0 aliphatic heterocycles. The van der Waals surface area contributed by atoms with Gasteiger partial charge in [0.05, 0.1) is 18.0 Å². The fourth-order valence-electron chi connectivity index (χ4n) is 1.95. The van der Waals surface area contributed by atoms with Gasteiger partial charge < -0.3 is 15.4 Å². The summed E-state index contributed by atoms with van der Waals surface area (Å²) < 4.78 is 9.92. The van der Waals surface area contributed by atoms with Crippen LogP contribution in [-0.2, 0) is 4.74 Å². The summed E-state index contributed by atoms with van der Waals surface area (Å²) in [5.74, 6) is 0. The van der Waals surface area contributed by atoms with E-state index in [4.69, 9.17) is 15.1 Å². The first-order chi connectivity index (χ1) is 8.65. The summed E-state index contributed by atoms with van der Waals surface area (Å²) in [6.07, 6.45) is 0. The summed E-state index contributed by atoms with van der Waals surface area (Å²) in [5.41, 5.74) is 8.68. The van der Waals surface area contributed by atoms with E-state index in [-0.39, 0.29) is 0 Å². The molecule has 18 heavy (non-hydrogen) atoms. The van der Waals surface area contributed by atoms with Crippen LogP contribution in [0, 0.1) is 0 Å². The van der Waals surface area contributed by atoms with Crippen molar-refractivity contribution in [3.8, 4) is 0 Å². The monoisotopic (exact) mass is 250 g/mol. The predicted octanol–water partition coefficient (Wildman–Crippen LogP) is 1.67. The van der Waals surface area contributed by atoms with E-state index in [9.17, 15) is 0 Å². The second kappa shape index (κ2) is 5.22. The number of ether oxygens (including phenoxy) is 1. The van der Waals surface area contributed by atoms with Gasteiger partial charge in [-0.1, -0.05) is 0 Å². The first-order valence-corrected chi connectivity index (χ1v) is 5.91. The average Bonchev–Trinajstić information content (AvgIpc) is 2.81. The molecule has 2 rings (SSSR count). The van der Waals surface area contributed by atoms with Crippen LogP contribution in [0.1, 0.15) is 13.8 Å². The Morgan fingerprint density at radius 3 is 2.72 bits per heavy atom. The number of aromatic nitrogens is 2. The van der Waals surface area contributed by atoms with Crippen LogP contribution in [0.2, 0.25) is 0 Å². The fraction of sp³-hybridized carbons (Fsp3) is 0.500. The molecule has 0 unspecified atom stereocenters. The highest BCUT2D eigenvalue weighted by Gasteiger charge is 2.17. The Morgan fingerprint density at radius 2 is 2.06 bits per heavy atom. The molecular formula is C12H18N4O2. The zero-order valence-corrected chi connectivity index (χ0v) is 10.9. The first kappa shape index (κ1) is 12.6. The molecule has 6 heteroatoms. The van der Waals surface area contributed by atoms with Gasteiger partial charge in [0.15, 0.2) is 11.0 Å². The maximum atomic E-state index is 5.84. The summed E-state index contributed by atoms with van der Waals surface area (Å²) in [4.78, 5) is 2.19. The minimum Gasteiger partial charge on any atom is -0.397 e. The lowest BCUT2D eigenvalue weighted by Crippen LogP contribution is -2.34. The van der Waals surface area contributed by atoms with Crippen molar-refractivity contribution in [3.63, 3.8) is 0 Å². The second-order valence-corrected chi connectivity index (χ2v) is 4.42. The van der Waals surface area contributed by atoms with Crippen LogP contribution in [-0.4, -0.2) is 36.6 Å².